The minimum Gasteiger partial charge on any atom is -0.382 e. The van der Waals surface area contributed by atoms with Crippen molar-refractivity contribution >= 4 is 5.96 Å². The lowest BCUT2D eigenvalue weighted by Crippen LogP contribution is -2.37. The van der Waals surface area contributed by atoms with Gasteiger partial charge in [0, 0.05) is 33.0 Å². The molecule has 0 fully saturated rings. The van der Waals surface area contributed by atoms with Gasteiger partial charge < -0.3 is 15.4 Å². The van der Waals surface area contributed by atoms with E-state index in [9.17, 15) is 0 Å². The van der Waals surface area contributed by atoms with Gasteiger partial charge in [0.25, 0.3) is 0 Å². The number of hydrogen-bond donors (Lipinski definition) is 2. The lowest BCUT2D eigenvalue weighted by atomic mass is 10.2. The molecule has 0 aliphatic heterocycles. The number of nitrogens with zero attached hydrogens (tertiary/aromatic N) is 2. The molecule has 0 aliphatic rings. The van der Waals surface area contributed by atoms with E-state index < -0.39 is 0 Å². The van der Waals surface area contributed by atoms with Gasteiger partial charge in [-0.05, 0) is 38.3 Å². The van der Waals surface area contributed by atoms with Gasteiger partial charge in [0.05, 0.1) is 12.2 Å². The van der Waals surface area contributed by atoms with Gasteiger partial charge in [-0.1, -0.05) is 6.07 Å². The molecule has 1 aromatic rings. The smallest absolute Gasteiger partial charge is 0.191 e. The maximum atomic E-state index is 5.30. The molecule has 0 spiro atoms. The lowest BCUT2D eigenvalue weighted by molar-refractivity contribution is 0.143. The third kappa shape index (κ3) is 6.52. The first kappa shape index (κ1) is 16.4. The van der Waals surface area contributed by atoms with Crippen LogP contribution in [0.4, 0.5) is 0 Å². The summed E-state index contributed by atoms with van der Waals surface area (Å²) >= 11 is 0. The first-order valence-corrected chi connectivity index (χ1v) is 7.20. The van der Waals surface area contributed by atoms with Crippen molar-refractivity contribution < 1.29 is 4.74 Å². The Morgan fingerprint density at radius 3 is 2.90 bits per heavy atom. The van der Waals surface area contributed by atoms with E-state index in [1.165, 1.54) is 5.56 Å². The second-order valence-electron chi connectivity index (χ2n) is 4.52. The van der Waals surface area contributed by atoms with Crippen molar-refractivity contribution in [3.05, 3.63) is 29.6 Å². The minimum atomic E-state index is 0.686. The summed E-state index contributed by atoms with van der Waals surface area (Å²) in [5.74, 6) is 0.812. The molecule has 0 saturated heterocycles. The van der Waals surface area contributed by atoms with Gasteiger partial charge in [0.1, 0.15) is 0 Å². The zero-order valence-electron chi connectivity index (χ0n) is 12.8. The third-order valence-electron chi connectivity index (χ3n) is 2.98. The normalized spacial score (nSPS) is 11.4. The van der Waals surface area contributed by atoms with Crippen LogP contribution in [0.3, 0.4) is 0 Å². The second-order valence-corrected chi connectivity index (χ2v) is 4.52. The number of aliphatic imine (C=N–C) groups is 1. The molecule has 1 heterocycles. The van der Waals surface area contributed by atoms with Crippen LogP contribution in [0.5, 0.6) is 0 Å². The molecule has 0 aromatic carbocycles. The lowest BCUT2D eigenvalue weighted by Gasteiger charge is -2.12. The van der Waals surface area contributed by atoms with E-state index in [1.807, 2.05) is 19.2 Å². The molecule has 5 heteroatoms. The van der Waals surface area contributed by atoms with Gasteiger partial charge >= 0.3 is 0 Å². The van der Waals surface area contributed by atoms with Crippen molar-refractivity contribution in [3.8, 4) is 0 Å². The molecule has 112 valence electrons. The summed E-state index contributed by atoms with van der Waals surface area (Å²) in [6.07, 6.45) is 3.95. The van der Waals surface area contributed by atoms with E-state index in [4.69, 9.17) is 4.74 Å². The SMILES string of the molecule is CCOCCCCNC(=NC)NCc1ncccc1C. The Kier molecular flexibility index (Phi) is 8.38. The van der Waals surface area contributed by atoms with Crippen LogP contribution in [0.2, 0.25) is 0 Å². The Morgan fingerprint density at radius 1 is 1.35 bits per heavy atom. The standard InChI is InChI=1S/C15H26N4O/c1-4-20-11-6-5-9-18-15(16-3)19-12-14-13(2)8-7-10-17-14/h7-8,10H,4-6,9,11-12H2,1-3H3,(H2,16,18,19). The fourth-order valence-corrected chi connectivity index (χ4v) is 1.77. The summed E-state index contributed by atoms with van der Waals surface area (Å²) in [4.78, 5) is 8.56. The van der Waals surface area contributed by atoms with Crippen molar-refractivity contribution in [2.24, 2.45) is 4.99 Å². The van der Waals surface area contributed by atoms with Crippen LogP contribution in [0.25, 0.3) is 0 Å². The Morgan fingerprint density at radius 2 is 2.20 bits per heavy atom. The predicted molar refractivity (Wildman–Crippen MR) is 82.9 cm³/mol. The fraction of sp³-hybridized carbons (Fsp3) is 0.600. The number of guanidine groups is 1. The molecular formula is C15H26N4O. The number of aromatic nitrogens is 1. The van der Waals surface area contributed by atoms with Crippen LogP contribution in [-0.2, 0) is 11.3 Å². The van der Waals surface area contributed by atoms with Gasteiger partial charge in [-0.25, -0.2) is 0 Å². The van der Waals surface area contributed by atoms with Crippen molar-refractivity contribution in [3.63, 3.8) is 0 Å². The first-order chi connectivity index (χ1) is 9.77. The average Bonchev–Trinajstić information content (AvgIpc) is 2.47. The number of nitrogens with one attached hydrogen (secondary N) is 2. The van der Waals surface area contributed by atoms with Crippen LogP contribution in [0.15, 0.2) is 23.3 Å². The molecule has 1 rings (SSSR count). The number of aryl methyl sites for hydroxylation is 1. The molecule has 20 heavy (non-hydrogen) atoms. The zero-order valence-corrected chi connectivity index (χ0v) is 12.8. The Labute approximate surface area is 121 Å². The van der Waals surface area contributed by atoms with E-state index in [-0.39, 0.29) is 0 Å². The Bertz CT molecular complexity index is 407. The molecule has 0 atom stereocenters. The number of hydrogen-bond acceptors (Lipinski definition) is 3. The topological polar surface area (TPSA) is 58.5 Å². The molecule has 0 saturated carbocycles. The van der Waals surface area contributed by atoms with E-state index in [0.29, 0.717) is 6.54 Å². The van der Waals surface area contributed by atoms with E-state index in [0.717, 1.165) is 44.3 Å². The van der Waals surface area contributed by atoms with Crippen LogP contribution in [0, 0.1) is 6.92 Å². The molecule has 0 aliphatic carbocycles. The minimum absolute atomic E-state index is 0.686. The van der Waals surface area contributed by atoms with Gasteiger partial charge in [-0.15, -0.1) is 0 Å². The highest BCUT2D eigenvalue weighted by Crippen LogP contribution is 2.01. The molecule has 1 aromatic heterocycles. The highest BCUT2D eigenvalue weighted by molar-refractivity contribution is 5.79. The van der Waals surface area contributed by atoms with Crippen LogP contribution < -0.4 is 10.6 Å². The average molecular weight is 278 g/mol. The second kappa shape index (κ2) is 10.2. The summed E-state index contributed by atoms with van der Waals surface area (Å²) in [5.41, 5.74) is 2.24. The number of unbranched alkanes of at least 4 members (excludes halogenated alkanes) is 1. The summed E-state index contributed by atoms with van der Waals surface area (Å²) in [7, 11) is 1.78. The van der Waals surface area contributed by atoms with Crippen molar-refractivity contribution in [2.45, 2.75) is 33.2 Å². The maximum Gasteiger partial charge on any atom is 0.191 e. The molecule has 0 amide bonds. The first-order valence-electron chi connectivity index (χ1n) is 7.20. The Hall–Kier alpha value is -1.62. The van der Waals surface area contributed by atoms with Gasteiger partial charge in [0.15, 0.2) is 5.96 Å². The highest BCUT2D eigenvalue weighted by atomic mass is 16.5. The molecule has 0 unspecified atom stereocenters. The van der Waals surface area contributed by atoms with E-state index >= 15 is 0 Å². The van der Waals surface area contributed by atoms with Crippen molar-refractivity contribution in [2.75, 3.05) is 26.8 Å². The van der Waals surface area contributed by atoms with Crippen LogP contribution >= 0.6 is 0 Å². The monoisotopic (exact) mass is 278 g/mol. The number of pyridine rings is 1. The quantitative estimate of drug-likeness (QED) is 0.433. The summed E-state index contributed by atoms with van der Waals surface area (Å²) in [6.45, 7) is 7.29. The molecule has 0 radical (unpaired) electrons. The van der Waals surface area contributed by atoms with Gasteiger partial charge in [-0.3, -0.25) is 9.98 Å². The van der Waals surface area contributed by atoms with Crippen molar-refractivity contribution in [1.82, 2.24) is 15.6 Å². The molecular weight excluding hydrogens is 252 g/mol. The molecule has 0 bridgehead atoms. The molecule has 5 nitrogen and oxygen atoms in total. The predicted octanol–water partition coefficient (Wildman–Crippen LogP) is 1.87. The zero-order chi connectivity index (χ0) is 14.6. The van der Waals surface area contributed by atoms with E-state index in [2.05, 4.69) is 33.6 Å². The summed E-state index contributed by atoms with van der Waals surface area (Å²) in [5, 5.41) is 6.57. The summed E-state index contributed by atoms with van der Waals surface area (Å²) < 4.78 is 5.30. The van der Waals surface area contributed by atoms with E-state index in [1.54, 1.807) is 7.05 Å². The largest absolute Gasteiger partial charge is 0.382 e. The number of rotatable bonds is 8. The van der Waals surface area contributed by atoms with Crippen molar-refractivity contribution in [1.29, 1.82) is 0 Å². The number of ether oxygens (including phenoxy) is 1. The summed E-state index contributed by atoms with van der Waals surface area (Å²) in [6, 6.07) is 4.01. The van der Waals surface area contributed by atoms with Crippen LogP contribution in [0.1, 0.15) is 31.0 Å². The Balaban J connectivity index is 2.22. The maximum absolute atomic E-state index is 5.30. The molecule has 2 N–H and O–H groups in total. The van der Waals surface area contributed by atoms with Gasteiger partial charge in [0.2, 0.25) is 0 Å². The fourth-order valence-electron chi connectivity index (χ4n) is 1.77. The van der Waals surface area contributed by atoms with Crippen LogP contribution in [-0.4, -0.2) is 37.7 Å². The van der Waals surface area contributed by atoms with Gasteiger partial charge in [-0.2, -0.15) is 0 Å². The highest BCUT2D eigenvalue weighted by Gasteiger charge is 2.01. The third-order valence-corrected chi connectivity index (χ3v) is 2.98.